The van der Waals surface area contributed by atoms with E-state index < -0.39 is 11.6 Å². The van der Waals surface area contributed by atoms with Crippen molar-refractivity contribution in [1.82, 2.24) is 0 Å². The van der Waals surface area contributed by atoms with Gasteiger partial charge in [-0.1, -0.05) is 22.0 Å². The van der Waals surface area contributed by atoms with E-state index in [1.54, 1.807) is 0 Å². The number of halogens is 3. The first-order valence-corrected chi connectivity index (χ1v) is 7.00. The van der Waals surface area contributed by atoms with Crippen molar-refractivity contribution in [3.05, 3.63) is 63.6 Å². The topological polar surface area (TPSA) is 35.2 Å². The van der Waals surface area contributed by atoms with Crippen LogP contribution in [0.2, 0.25) is 0 Å². The second-order valence-corrected chi connectivity index (χ2v) is 5.72. The summed E-state index contributed by atoms with van der Waals surface area (Å²) in [5.74, 6) is -1.05. The minimum atomic E-state index is -0.874. The van der Waals surface area contributed by atoms with Crippen molar-refractivity contribution in [2.75, 3.05) is 0 Å². The molecular formula is C15H12BrF2NO. The van der Waals surface area contributed by atoms with Crippen LogP contribution in [0.3, 0.4) is 0 Å². The Bertz CT molecular complexity index is 662. The highest BCUT2D eigenvalue weighted by Crippen LogP contribution is 2.40. The Morgan fingerprint density at radius 3 is 2.65 bits per heavy atom. The monoisotopic (exact) mass is 339 g/mol. The van der Waals surface area contributed by atoms with Gasteiger partial charge >= 0.3 is 0 Å². The zero-order valence-electron chi connectivity index (χ0n) is 10.4. The molecule has 0 aromatic heterocycles. The summed E-state index contributed by atoms with van der Waals surface area (Å²) < 4.78 is 33.1. The van der Waals surface area contributed by atoms with Gasteiger partial charge in [-0.2, -0.15) is 0 Å². The van der Waals surface area contributed by atoms with Gasteiger partial charge in [0.2, 0.25) is 0 Å². The Morgan fingerprint density at radius 2 is 1.90 bits per heavy atom. The third-order valence-electron chi connectivity index (χ3n) is 3.42. The van der Waals surface area contributed by atoms with Gasteiger partial charge in [0, 0.05) is 22.5 Å². The minimum Gasteiger partial charge on any atom is -0.485 e. The summed E-state index contributed by atoms with van der Waals surface area (Å²) in [6, 6.07) is 9.20. The second-order valence-electron chi connectivity index (χ2n) is 4.80. The van der Waals surface area contributed by atoms with Gasteiger partial charge in [0.15, 0.2) is 11.6 Å². The molecule has 1 aliphatic heterocycles. The highest BCUT2D eigenvalue weighted by molar-refractivity contribution is 9.10. The number of benzene rings is 2. The van der Waals surface area contributed by atoms with Crippen LogP contribution in [0.1, 0.15) is 29.7 Å². The van der Waals surface area contributed by atoms with Crippen molar-refractivity contribution >= 4 is 15.9 Å². The molecule has 1 heterocycles. The van der Waals surface area contributed by atoms with E-state index in [9.17, 15) is 8.78 Å². The van der Waals surface area contributed by atoms with Gasteiger partial charge in [-0.05, 0) is 35.9 Å². The van der Waals surface area contributed by atoms with Crippen LogP contribution in [0, 0.1) is 11.6 Å². The molecule has 3 rings (SSSR count). The summed E-state index contributed by atoms with van der Waals surface area (Å²) in [5, 5.41) is 0. The smallest absolute Gasteiger partial charge is 0.159 e. The van der Waals surface area contributed by atoms with E-state index in [-0.39, 0.29) is 12.1 Å². The van der Waals surface area contributed by atoms with Crippen LogP contribution in [0.25, 0.3) is 0 Å². The molecule has 2 nitrogen and oxygen atoms in total. The lowest BCUT2D eigenvalue weighted by Crippen LogP contribution is -2.24. The average Bonchev–Trinajstić information content (AvgIpc) is 2.42. The van der Waals surface area contributed by atoms with Gasteiger partial charge in [-0.25, -0.2) is 8.78 Å². The number of rotatable bonds is 1. The van der Waals surface area contributed by atoms with E-state index in [1.807, 2.05) is 18.2 Å². The van der Waals surface area contributed by atoms with E-state index in [4.69, 9.17) is 10.5 Å². The largest absolute Gasteiger partial charge is 0.485 e. The van der Waals surface area contributed by atoms with Crippen LogP contribution < -0.4 is 10.5 Å². The molecule has 0 radical (unpaired) electrons. The van der Waals surface area contributed by atoms with Crippen molar-refractivity contribution in [1.29, 1.82) is 0 Å². The molecule has 2 aromatic rings. The maximum Gasteiger partial charge on any atom is 0.159 e. The van der Waals surface area contributed by atoms with Crippen LogP contribution in [0.15, 0.2) is 40.9 Å². The van der Waals surface area contributed by atoms with Crippen LogP contribution in [0.5, 0.6) is 5.75 Å². The van der Waals surface area contributed by atoms with Crippen LogP contribution in [0.4, 0.5) is 8.78 Å². The van der Waals surface area contributed by atoms with E-state index in [0.717, 1.165) is 22.2 Å². The van der Waals surface area contributed by atoms with Crippen molar-refractivity contribution in [3.8, 4) is 5.75 Å². The summed E-state index contributed by atoms with van der Waals surface area (Å²) in [7, 11) is 0. The highest BCUT2D eigenvalue weighted by atomic mass is 79.9. The zero-order chi connectivity index (χ0) is 14.3. The van der Waals surface area contributed by atoms with Crippen molar-refractivity contribution in [2.24, 2.45) is 5.73 Å². The van der Waals surface area contributed by atoms with Crippen LogP contribution >= 0.6 is 15.9 Å². The summed E-state index contributed by atoms with van der Waals surface area (Å²) in [4.78, 5) is 0. The lowest BCUT2D eigenvalue weighted by molar-refractivity contribution is 0.161. The molecule has 2 unspecified atom stereocenters. The standard InChI is InChI=1S/C15H12BrF2NO/c16-9-2-4-14-10(6-9)13(19)7-15(20-14)8-1-3-11(17)12(18)5-8/h1-6,13,15H,7,19H2. The van der Waals surface area contributed by atoms with Crippen LogP contribution in [-0.2, 0) is 0 Å². The summed E-state index contributed by atoms with van der Waals surface area (Å²) in [5.41, 5.74) is 7.65. The van der Waals surface area contributed by atoms with E-state index in [2.05, 4.69) is 15.9 Å². The first-order chi connectivity index (χ1) is 9.54. The summed E-state index contributed by atoms with van der Waals surface area (Å²) >= 11 is 3.39. The molecule has 0 amide bonds. The Morgan fingerprint density at radius 1 is 1.10 bits per heavy atom. The van der Waals surface area contributed by atoms with Crippen molar-refractivity contribution in [3.63, 3.8) is 0 Å². The van der Waals surface area contributed by atoms with Gasteiger partial charge in [-0.15, -0.1) is 0 Å². The minimum absolute atomic E-state index is 0.200. The van der Waals surface area contributed by atoms with Crippen molar-refractivity contribution in [2.45, 2.75) is 18.6 Å². The molecule has 2 N–H and O–H groups in total. The fourth-order valence-electron chi connectivity index (χ4n) is 2.39. The fourth-order valence-corrected chi connectivity index (χ4v) is 2.77. The molecule has 2 aromatic carbocycles. The van der Waals surface area contributed by atoms with E-state index in [1.165, 1.54) is 6.07 Å². The van der Waals surface area contributed by atoms with Gasteiger partial charge in [-0.3, -0.25) is 0 Å². The highest BCUT2D eigenvalue weighted by Gasteiger charge is 2.27. The first kappa shape index (κ1) is 13.5. The molecule has 1 aliphatic rings. The first-order valence-electron chi connectivity index (χ1n) is 6.21. The lowest BCUT2D eigenvalue weighted by Gasteiger charge is -2.30. The maximum atomic E-state index is 13.3. The molecule has 0 aliphatic carbocycles. The number of hydrogen-bond acceptors (Lipinski definition) is 2. The maximum absolute atomic E-state index is 13.3. The quantitative estimate of drug-likeness (QED) is 0.842. The predicted molar refractivity (Wildman–Crippen MR) is 75.4 cm³/mol. The van der Waals surface area contributed by atoms with E-state index >= 15 is 0 Å². The molecule has 0 saturated carbocycles. The Labute approximate surface area is 123 Å². The molecular weight excluding hydrogens is 328 g/mol. The SMILES string of the molecule is NC1CC(c2ccc(F)c(F)c2)Oc2ccc(Br)cc21. The molecule has 0 fully saturated rings. The van der Waals surface area contributed by atoms with Crippen LogP contribution in [-0.4, -0.2) is 0 Å². The van der Waals surface area contributed by atoms with E-state index in [0.29, 0.717) is 17.7 Å². The third kappa shape index (κ3) is 2.43. The number of hydrogen-bond donors (Lipinski definition) is 1. The molecule has 0 bridgehead atoms. The molecule has 2 atom stereocenters. The second kappa shape index (κ2) is 5.14. The Kier molecular flexibility index (Phi) is 3.48. The van der Waals surface area contributed by atoms with Gasteiger partial charge < -0.3 is 10.5 Å². The molecule has 0 saturated heterocycles. The number of ether oxygens (including phenoxy) is 1. The third-order valence-corrected chi connectivity index (χ3v) is 3.92. The average molecular weight is 340 g/mol. The van der Waals surface area contributed by atoms with Gasteiger partial charge in [0.05, 0.1) is 0 Å². The number of nitrogens with two attached hydrogens (primary N) is 1. The normalized spacial score (nSPS) is 21.2. The molecule has 20 heavy (non-hydrogen) atoms. The fraction of sp³-hybridized carbons (Fsp3) is 0.200. The summed E-state index contributed by atoms with van der Waals surface area (Å²) in [6.07, 6.45) is 0.155. The summed E-state index contributed by atoms with van der Waals surface area (Å²) in [6.45, 7) is 0. The zero-order valence-corrected chi connectivity index (χ0v) is 12.0. The lowest BCUT2D eigenvalue weighted by atomic mass is 9.93. The van der Waals surface area contributed by atoms with Gasteiger partial charge in [0.1, 0.15) is 11.9 Å². The molecule has 5 heteroatoms. The number of fused-ring (bicyclic) bond motifs is 1. The predicted octanol–water partition coefficient (Wildman–Crippen LogP) is 4.25. The van der Waals surface area contributed by atoms with Crippen molar-refractivity contribution < 1.29 is 13.5 Å². The van der Waals surface area contributed by atoms with Gasteiger partial charge in [0.25, 0.3) is 0 Å². The Hall–Kier alpha value is -1.46. The Balaban J connectivity index is 1.94. The molecule has 104 valence electrons. The molecule has 0 spiro atoms.